The van der Waals surface area contributed by atoms with Gasteiger partial charge in [0.2, 0.25) is 11.8 Å². The third kappa shape index (κ3) is 3.81. The van der Waals surface area contributed by atoms with Gasteiger partial charge in [-0.2, -0.15) is 4.52 Å². The second kappa shape index (κ2) is 7.59. The molecule has 9 nitrogen and oxygen atoms in total. The van der Waals surface area contributed by atoms with Gasteiger partial charge in [0.25, 0.3) is 0 Å². The number of nitrogens with zero attached hydrogens (tertiary/aromatic N) is 8. The first-order valence-corrected chi connectivity index (χ1v) is 9.76. The van der Waals surface area contributed by atoms with E-state index in [9.17, 15) is 0 Å². The summed E-state index contributed by atoms with van der Waals surface area (Å²) in [5, 5.41) is 21.2. The molecule has 9 heteroatoms. The Kier molecular flexibility index (Phi) is 4.65. The quantitative estimate of drug-likeness (QED) is 0.509. The van der Waals surface area contributed by atoms with Gasteiger partial charge in [-0.05, 0) is 24.6 Å². The molecule has 3 aromatic heterocycles. The predicted molar refractivity (Wildman–Crippen MR) is 107 cm³/mol. The average Bonchev–Trinajstić information content (AvgIpc) is 3.35. The summed E-state index contributed by atoms with van der Waals surface area (Å²) >= 11 is 0. The summed E-state index contributed by atoms with van der Waals surface area (Å²) in [6, 6.07) is 14.1. The lowest BCUT2D eigenvalue weighted by Gasteiger charge is -2.34. The maximum absolute atomic E-state index is 5.85. The first-order chi connectivity index (χ1) is 14.2. The molecule has 4 aromatic rings. The van der Waals surface area contributed by atoms with Crippen LogP contribution in [0.3, 0.4) is 0 Å². The molecule has 0 atom stereocenters. The van der Waals surface area contributed by atoms with E-state index in [1.165, 1.54) is 5.56 Å². The normalized spacial score (nSPS) is 15.3. The number of aromatic nitrogens is 6. The van der Waals surface area contributed by atoms with Gasteiger partial charge in [-0.1, -0.05) is 30.3 Å². The Bertz CT molecular complexity index is 1100. The largest absolute Gasteiger partial charge is 0.424 e. The summed E-state index contributed by atoms with van der Waals surface area (Å²) in [6.45, 7) is 6.20. The average molecular weight is 390 g/mol. The molecule has 29 heavy (non-hydrogen) atoms. The number of fused-ring (bicyclic) bond motifs is 1. The molecule has 0 unspecified atom stereocenters. The maximum atomic E-state index is 5.85. The zero-order valence-electron chi connectivity index (χ0n) is 16.3. The maximum Gasteiger partial charge on any atom is 0.230 e. The molecule has 1 aromatic carbocycles. The second-order valence-electron chi connectivity index (χ2n) is 7.22. The molecule has 0 amide bonds. The van der Waals surface area contributed by atoms with Crippen molar-refractivity contribution >= 4 is 11.5 Å². The van der Waals surface area contributed by atoms with Crippen LogP contribution >= 0.6 is 0 Å². The molecule has 1 saturated heterocycles. The number of rotatable bonds is 5. The van der Waals surface area contributed by atoms with Crippen molar-refractivity contribution in [3.05, 3.63) is 65.6 Å². The Balaban J connectivity index is 1.18. The fourth-order valence-electron chi connectivity index (χ4n) is 3.58. The van der Waals surface area contributed by atoms with Crippen molar-refractivity contribution in [3.8, 4) is 0 Å². The van der Waals surface area contributed by atoms with Crippen molar-refractivity contribution in [1.82, 2.24) is 34.9 Å². The Morgan fingerprint density at radius 3 is 2.48 bits per heavy atom. The highest BCUT2D eigenvalue weighted by molar-refractivity contribution is 5.46. The highest BCUT2D eigenvalue weighted by Gasteiger charge is 2.21. The number of piperazine rings is 1. The van der Waals surface area contributed by atoms with Crippen molar-refractivity contribution in [2.24, 2.45) is 0 Å². The van der Waals surface area contributed by atoms with Crippen molar-refractivity contribution in [3.63, 3.8) is 0 Å². The molecule has 0 bridgehead atoms. The van der Waals surface area contributed by atoms with E-state index in [-0.39, 0.29) is 0 Å². The number of aryl methyl sites for hydroxylation is 1. The van der Waals surface area contributed by atoms with Crippen LogP contribution in [0.2, 0.25) is 0 Å². The minimum absolute atomic E-state index is 0.659. The Labute approximate surface area is 168 Å². The van der Waals surface area contributed by atoms with Crippen molar-refractivity contribution in [1.29, 1.82) is 0 Å². The van der Waals surface area contributed by atoms with Crippen LogP contribution in [0.4, 0.5) is 5.82 Å². The topological polar surface area (TPSA) is 88.5 Å². The van der Waals surface area contributed by atoms with Crippen LogP contribution < -0.4 is 4.90 Å². The fraction of sp³-hybridized carbons (Fsp3) is 0.350. The van der Waals surface area contributed by atoms with Gasteiger partial charge in [-0.15, -0.1) is 25.5 Å². The van der Waals surface area contributed by atoms with Crippen LogP contribution in [0.1, 0.15) is 23.2 Å². The molecule has 0 saturated carbocycles. The van der Waals surface area contributed by atoms with Gasteiger partial charge < -0.3 is 9.32 Å². The van der Waals surface area contributed by atoms with E-state index in [4.69, 9.17) is 4.42 Å². The lowest BCUT2D eigenvalue weighted by molar-refractivity contribution is 0.224. The molecule has 5 rings (SSSR count). The lowest BCUT2D eigenvalue weighted by atomic mass is 10.2. The highest BCUT2D eigenvalue weighted by atomic mass is 16.4. The van der Waals surface area contributed by atoms with Gasteiger partial charge in [0.05, 0.1) is 13.0 Å². The third-order valence-corrected chi connectivity index (χ3v) is 5.17. The Hall–Kier alpha value is -3.33. The van der Waals surface area contributed by atoms with Gasteiger partial charge in [-0.25, -0.2) is 0 Å². The number of hydrogen-bond donors (Lipinski definition) is 0. The SMILES string of the molecule is Cc1nnc2ccc(N3CCN(Cc4nnc(Cc5ccccc5)o4)CC3)nn12. The molecule has 1 aliphatic heterocycles. The van der Waals surface area contributed by atoms with Crippen LogP contribution in [0.15, 0.2) is 46.9 Å². The van der Waals surface area contributed by atoms with Gasteiger partial charge in [0.15, 0.2) is 11.5 Å². The van der Waals surface area contributed by atoms with Gasteiger partial charge >= 0.3 is 0 Å². The minimum atomic E-state index is 0.659. The van der Waals surface area contributed by atoms with Crippen LogP contribution in [0.25, 0.3) is 5.65 Å². The summed E-state index contributed by atoms with van der Waals surface area (Å²) in [4.78, 5) is 4.61. The monoisotopic (exact) mass is 390 g/mol. The summed E-state index contributed by atoms with van der Waals surface area (Å²) in [7, 11) is 0. The van der Waals surface area contributed by atoms with Crippen LogP contribution in [-0.2, 0) is 13.0 Å². The smallest absolute Gasteiger partial charge is 0.230 e. The molecular weight excluding hydrogens is 368 g/mol. The molecule has 0 radical (unpaired) electrons. The van der Waals surface area contributed by atoms with Crippen LogP contribution in [-0.4, -0.2) is 61.1 Å². The molecule has 0 N–H and O–H groups in total. The molecule has 4 heterocycles. The fourth-order valence-corrected chi connectivity index (χ4v) is 3.58. The van der Waals surface area contributed by atoms with Crippen molar-refractivity contribution in [2.45, 2.75) is 19.9 Å². The number of anilines is 1. The first-order valence-electron chi connectivity index (χ1n) is 9.76. The van der Waals surface area contributed by atoms with Crippen molar-refractivity contribution < 1.29 is 4.42 Å². The summed E-state index contributed by atoms with van der Waals surface area (Å²) < 4.78 is 7.63. The standard InChI is InChI=1S/C20H22N8O/c1-15-21-22-17-7-8-18(25-28(15)17)27-11-9-26(10-12-27)14-20-24-23-19(29-20)13-16-5-3-2-4-6-16/h2-8H,9-14H2,1H3. The molecule has 0 aliphatic carbocycles. The lowest BCUT2D eigenvalue weighted by Crippen LogP contribution is -2.46. The predicted octanol–water partition coefficient (Wildman–Crippen LogP) is 1.73. The number of hydrogen-bond acceptors (Lipinski definition) is 8. The summed E-state index contributed by atoms with van der Waals surface area (Å²) in [5.74, 6) is 3.07. The Morgan fingerprint density at radius 1 is 0.862 bits per heavy atom. The van der Waals surface area contributed by atoms with Gasteiger partial charge in [0.1, 0.15) is 5.82 Å². The van der Waals surface area contributed by atoms with Crippen molar-refractivity contribution in [2.75, 3.05) is 31.1 Å². The van der Waals surface area contributed by atoms with E-state index in [0.29, 0.717) is 24.7 Å². The summed E-state index contributed by atoms with van der Waals surface area (Å²) in [6.07, 6.45) is 0.665. The molecule has 1 aliphatic rings. The van der Waals surface area contributed by atoms with E-state index < -0.39 is 0 Å². The van der Waals surface area contributed by atoms with E-state index in [2.05, 4.69) is 47.4 Å². The van der Waals surface area contributed by atoms with Crippen LogP contribution in [0, 0.1) is 6.92 Å². The van der Waals surface area contributed by atoms with E-state index >= 15 is 0 Å². The van der Waals surface area contributed by atoms with Gasteiger partial charge in [-0.3, -0.25) is 4.90 Å². The molecule has 1 fully saturated rings. The van der Waals surface area contributed by atoms with Gasteiger partial charge in [0, 0.05) is 26.2 Å². The minimum Gasteiger partial charge on any atom is -0.424 e. The summed E-state index contributed by atoms with van der Waals surface area (Å²) in [5.41, 5.74) is 1.94. The molecule has 0 spiro atoms. The molecular formula is C20H22N8O. The van der Waals surface area contributed by atoms with E-state index in [1.807, 2.05) is 37.3 Å². The van der Waals surface area contributed by atoms with Crippen LogP contribution in [0.5, 0.6) is 0 Å². The van der Waals surface area contributed by atoms with E-state index in [0.717, 1.165) is 43.5 Å². The number of benzene rings is 1. The third-order valence-electron chi connectivity index (χ3n) is 5.17. The molecule has 148 valence electrons. The first kappa shape index (κ1) is 17.7. The van der Waals surface area contributed by atoms with E-state index in [1.54, 1.807) is 4.52 Å². The second-order valence-corrected chi connectivity index (χ2v) is 7.22. The Morgan fingerprint density at radius 2 is 1.66 bits per heavy atom. The highest BCUT2D eigenvalue weighted by Crippen LogP contribution is 2.16. The zero-order valence-corrected chi connectivity index (χ0v) is 16.3. The zero-order chi connectivity index (χ0) is 19.6.